The van der Waals surface area contributed by atoms with Crippen molar-refractivity contribution in [3.63, 3.8) is 0 Å². The van der Waals surface area contributed by atoms with Crippen molar-refractivity contribution in [1.29, 1.82) is 0 Å². The van der Waals surface area contributed by atoms with E-state index in [4.69, 9.17) is 4.42 Å². The van der Waals surface area contributed by atoms with Gasteiger partial charge in [-0.15, -0.1) is 0 Å². The molecule has 4 heteroatoms. The predicted molar refractivity (Wildman–Crippen MR) is 161 cm³/mol. The highest BCUT2D eigenvalue weighted by Crippen LogP contribution is 2.39. The fourth-order valence-electron chi connectivity index (χ4n) is 3.18. The summed E-state index contributed by atoms with van der Waals surface area (Å²) in [6.45, 7) is 24.1. The van der Waals surface area contributed by atoms with Crippen LogP contribution in [0.15, 0.2) is 103 Å². The Labute approximate surface area is 218 Å². The Bertz CT molecular complexity index is 1160. The molecular formula is C32H44N3O+. The van der Waals surface area contributed by atoms with E-state index in [2.05, 4.69) is 92.7 Å². The van der Waals surface area contributed by atoms with Gasteiger partial charge in [-0.25, -0.2) is 9.56 Å². The second kappa shape index (κ2) is 18.4. The van der Waals surface area contributed by atoms with Gasteiger partial charge in [0.15, 0.2) is 11.8 Å². The summed E-state index contributed by atoms with van der Waals surface area (Å²) >= 11 is 0. The SMILES string of the molecule is C=CC=C.C=CN.C=Cc1c(N=C(C)C)oc2c(-c3cccc[n+]3C)c(C)ccc12.CCC=CCC. The van der Waals surface area contributed by atoms with Gasteiger partial charge in [-0.3, -0.25) is 0 Å². The van der Waals surface area contributed by atoms with Crippen molar-refractivity contribution in [2.45, 2.75) is 47.5 Å². The summed E-state index contributed by atoms with van der Waals surface area (Å²) in [5.74, 6) is 0.625. The van der Waals surface area contributed by atoms with Crippen molar-refractivity contribution in [2.24, 2.45) is 17.8 Å². The third-order valence-electron chi connectivity index (χ3n) is 4.73. The number of benzene rings is 1. The zero-order valence-corrected chi connectivity index (χ0v) is 23.1. The first-order valence-electron chi connectivity index (χ1n) is 12.1. The summed E-state index contributed by atoms with van der Waals surface area (Å²) in [4.78, 5) is 4.53. The highest BCUT2D eigenvalue weighted by Gasteiger charge is 2.21. The van der Waals surface area contributed by atoms with E-state index in [1.54, 1.807) is 12.2 Å². The number of nitrogens with two attached hydrogens (primary N) is 1. The minimum absolute atomic E-state index is 0.625. The van der Waals surface area contributed by atoms with E-state index in [9.17, 15) is 0 Å². The molecule has 2 aromatic heterocycles. The lowest BCUT2D eigenvalue weighted by atomic mass is 10.0. The summed E-state index contributed by atoms with van der Waals surface area (Å²) in [5.41, 5.74) is 10.8. The lowest BCUT2D eigenvalue weighted by molar-refractivity contribution is -0.660. The molecule has 0 fully saturated rings. The number of hydrogen-bond acceptors (Lipinski definition) is 3. The Morgan fingerprint density at radius 2 is 1.58 bits per heavy atom. The summed E-state index contributed by atoms with van der Waals surface area (Å²) in [7, 11) is 2.04. The van der Waals surface area contributed by atoms with Crippen molar-refractivity contribution in [1.82, 2.24) is 0 Å². The third kappa shape index (κ3) is 10.1. The first-order chi connectivity index (χ1) is 17.3. The first kappa shape index (κ1) is 32.1. The van der Waals surface area contributed by atoms with Crippen LogP contribution in [0.3, 0.4) is 0 Å². The maximum atomic E-state index is 6.15. The van der Waals surface area contributed by atoms with Gasteiger partial charge in [-0.05, 0) is 51.4 Å². The number of rotatable bonds is 6. The maximum absolute atomic E-state index is 6.15. The number of fused-ring (bicyclic) bond motifs is 1. The lowest BCUT2D eigenvalue weighted by Gasteiger charge is -2.05. The van der Waals surface area contributed by atoms with Crippen molar-refractivity contribution >= 4 is 28.6 Å². The summed E-state index contributed by atoms with van der Waals surface area (Å²) in [6, 6.07) is 10.4. The van der Waals surface area contributed by atoms with Crippen LogP contribution in [-0.2, 0) is 7.05 Å². The zero-order chi connectivity index (χ0) is 27.5. The number of hydrogen-bond donors (Lipinski definition) is 1. The number of aliphatic imine (C=N–C) groups is 1. The molecule has 1 aromatic carbocycles. The molecule has 0 aliphatic rings. The smallest absolute Gasteiger partial charge is 0.227 e. The number of furan rings is 1. The molecule has 0 atom stereocenters. The van der Waals surface area contributed by atoms with E-state index in [-0.39, 0.29) is 0 Å². The average Bonchev–Trinajstić information content (AvgIpc) is 3.20. The van der Waals surface area contributed by atoms with E-state index < -0.39 is 0 Å². The largest absolute Gasteiger partial charge is 0.437 e. The van der Waals surface area contributed by atoms with E-state index >= 15 is 0 Å². The highest BCUT2D eigenvalue weighted by atomic mass is 16.3. The molecule has 3 aromatic rings. The van der Waals surface area contributed by atoms with Crippen LogP contribution in [0.4, 0.5) is 5.88 Å². The number of aromatic nitrogens is 1. The zero-order valence-electron chi connectivity index (χ0n) is 23.1. The Kier molecular flexibility index (Phi) is 16.4. The summed E-state index contributed by atoms with van der Waals surface area (Å²) < 4.78 is 8.25. The molecule has 4 nitrogen and oxygen atoms in total. The minimum Gasteiger partial charge on any atom is -0.437 e. The highest BCUT2D eigenvalue weighted by molar-refractivity contribution is 6.01. The Hall–Kier alpha value is -3.92. The number of pyridine rings is 1. The number of allylic oxidation sites excluding steroid dienone is 4. The third-order valence-corrected chi connectivity index (χ3v) is 4.73. The van der Waals surface area contributed by atoms with Crippen molar-refractivity contribution in [2.75, 3.05) is 0 Å². The van der Waals surface area contributed by atoms with E-state index in [1.807, 2.05) is 45.3 Å². The predicted octanol–water partition coefficient (Wildman–Crippen LogP) is 8.80. The topological polar surface area (TPSA) is 55.4 Å². The van der Waals surface area contributed by atoms with Crippen LogP contribution in [0.2, 0.25) is 0 Å². The molecule has 0 radical (unpaired) electrons. The maximum Gasteiger partial charge on any atom is 0.227 e. The fourth-order valence-corrected chi connectivity index (χ4v) is 3.18. The van der Waals surface area contributed by atoms with E-state index in [0.29, 0.717) is 5.88 Å². The summed E-state index contributed by atoms with van der Waals surface area (Å²) in [5, 5.41) is 1.05. The molecule has 0 aliphatic heterocycles. The van der Waals surface area contributed by atoms with Crippen LogP contribution in [-0.4, -0.2) is 5.71 Å². The van der Waals surface area contributed by atoms with Crippen LogP contribution in [0, 0.1) is 6.92 Å². The van der Waals surface area contributed by atoms with Gasteiger partial charge in [0.05, 0.1) is 5.56 Å². The van der Waals surface area contributed by atoms with Gasteiger partial charge >= 0.3 is 0 Å². The van der Waals surface area contributed by atoms with Crippen molar-refractivity contribution in [3.8, 4) is 11.3 Å². The van der Waals surface area contributed by atoms with E-state index in [1.165, 1.54) is 24.6 Å². The average molecular weight is 487 g/mol. The minimum atomic E-state index is 0.625. The van der Waals surface area contributed by atoms with Gasteiger partial charge in [0.2, 0.25) is 11.6 Å². The quantitative estimate of drug-likeness (QED) is 0.164. The Morgan fingerprint density at radius 3 is 2.03 bits per heavy atom. The molecule has 0 saturated heterocycles. The molecule has 0 bridgehead atoms. The van der Waals surface area contributed by atoms with Crippen LogP contribution in [0.25, 0.3) is 28.3 Å². The van der Waals surface area contributed by atoms with Gasteiger partial charge in [0.1, 0.15) is 7.05 Å². The molecule has 0 amide bonds. The van der Waals surface area contributed by atoms with Crippen LogP contribution < -0.4 is 10.3 Å². The second-order valence-corrected chi connectivity index (χ2v) is 7.91. The van der Waals surface area contributed by atoms with Gasteiger partial charge in [-0.2, -0.15) is 0 Å². The summed E-state index contributed by atoms with van der Waals surface area (Å²) in [6.07, 6.45) is 15.1. The molecule has 0 unspecified atom stereocenters. The van der Waals surface area contributed by atoms with Crippen molar-refractivity contribution < 1.29 is 8.98 Å². The monoisotopic (exact) mass is 486 g/mol. The molecule has 0 spiro atoms. The molecule has 2 heterocycles. The van der Waals surface area contributed by atoms with E-state index in [0.717, 1.165) is 33.5 Å². The van der Waals surface area contributed by atoms with Gasteiger partial charge in [0.25, 0.3) is 0 Å². The normalized spacial score (nSPS) is 9.50. The molecule has 36 heavy (non-hydrogen) atoms. The van der Waals surface area contributed by atoms with Gasteiger partial charge in [-0.1, -0.05) is 82.7 Å². The molecule has 192 valence electrons. The molecule has 3 rings (SSSR count). The first-order valence-corrected chi connectivity index (χ1v) is 12.1. The van der Waals surface area contributed by atoms with Crippen LogP contribution in [0.1, 0.15) is 51.7 Å². The molecular weight excluding hydrogens is 442 g/mol. The standard InChI is InChI=1S/C20H21N2O.C6H12.C4H6.C2H5N/c1-6-15-16-11-10-14(4)18(17-9-7-8-12-22(17)5)19(16)23-20(15)21-13(2)3;1-3-5-6-4-2;1-3-4-2;1-2-3/h6-12H,1H2,2-5H3;5-6H,3-4H2,1-2H3;3-4H,1-2H2;2H,1,3H2/q+1;;;. The van der Waals surface area contributed by atoms with Crippen molar-refractivity contribution in [3.05, 3.63) is 104 Å². The fraction of sp³-hybridized carbons (Fsp3) is 0.250. The lowest BCUT2D eigenvalue weighted by Crippen LogP contribution is -2.30. The van der Waals surface area contributed by atoms with Crippen LogP contribution >= 0.6 is 0 Å². The molecule has 2 N–H and O–H groups in total. The Balaban J connectivity index is 0.000000785. The molecule has 0 saturated carbocycles. The molecule has 0 aliphatic carbocycles. The van der Waals surface area contributed by atoms with Crippen LogP contribution in [0.5, 0.6) is 0 Å². The Morgan fingerprint density at radius 1 is 1.00 bits per heavy atom. The van der Waals surface area contributed by atoms with Gasteiger partial charge in [0, 0.05) is 28.8 Å². The van der Waals surface area contributed by atoms with Gasteiger partial charge < -0.3 is 10.2 Å². The second-order valence-electron chi connectivity index (χ2n) is 7.91. The number of nitrogens with zero attached hydrogens (tertiary/aromatic N) is 2. The number of aryl methyl sites for hydroxylation is 2.